The summed E-state index contributed by atoms with van der Waals surface area (Å²) in [4.78, 5) is 2.87. The summed E-state index contributed by atoms with van der Waals surface area (Å²) in [5.41, 5.74) is 2.58. The number of nitrogens with one attached hydrogen (secondary N) is 1. The van der Waals surface area contributed by atoms with Crippen LogP contribution < -0.4 is 5.32 Å². The van der Waals surface area contributed by atoms with Crippen LogP contribution in [0.15, 0.2) is 24.3 Å². The molecular formula is C15H15Cl2NS2. The van der Waals surface area contributed by atoms with Gasteiger partial charge in [-0.1, -0.05) is 29.3 Å². The van der Waals surface area contributed by atoms with Gasteiger partial charge in [0.25, 0.3) is 0 Å². The first-order chi connectivity index (χ1) is 9.69. The van der Waals surface area contributed by atoms with E-state index in [1.165, 1.54) is 27.5 Å². The largest absolute Gasteiger partial charge is 0.309 e. The SMILES string of the molecule is CNC(c1cc2c(s1)CCSC2)c1ccc(Cl)cc1Cl. The van der Waals surface area contributed by atoms with Crippen LogP contribution in [0.25, 0.3) is 0 Å². The van der Waals surface area contributed by atoms with Gasteiger partial charge in [-0.3, -0.25) is 0 Å². The number of fused-ring (bicyclic) bond motifs is 1. The summed E-state index contributed by atoms with van der Waals surface area (Å²) < 4.78 is 0. The second kappa shape index (κ2) is 6.29. The van der Waals surface area contributed by atoms with Gasteiger partial charge in [0, 0.05) is 25.6 Å². The van der Waals surface area contributed by atoms with Gasteiger partial charge in [-0.05, 0) is 48.5 Å². The lowest BCUT2D eigenvalue weighted by molar-refractivity contribution is 0.704. The van der Waals surface area contributed by atoms with E-state index < -0.39 is 0 Å². The Morgan fingerprint density at radius 3 is 2.80 bits per heavy atom. The Kier molecular flexibility index (Phi) is 4.63. The van der Waals surface area contributed by atoms with E-state index in [-0.39, 0.29) is 6.04 Å². The van der Waals surface area contributed by atoms with Gasteiger partial charge in [-0.2, -0.15) is 11.8 Å². The minimum atomic E-state index is 0.139. The average molecular weight is 344 g/mol. The van der Waals surface area contributed by atoms with Gasteiger partial charge in [0.2, 0.25) is 0 Å². The molecule has 0 amide bonds. The van der Waals surface area contributed by atoms with E-state index in [2.05, 4.69) is 11.4 Å². The van der Waals surface area contributed by atoms with Gasteiger partial charge in [-0.15, -0.1) is 11.3 Å². The third-order valence-electron chi connectivity index (χ3n) is 3.49. The number of thioether (sulfide) groups is 1. The monoisotopic (exact) mass is 343 g/mol. The fourth-order valence-electron chi connectivity index (χ4n) is 2.50. The molecular weight excluding hydrogens is 329 g/mol. The van der Waals surface area contributed by atoms with E-state index in [1.807, 2.05) is 48.3 Å². The smallest absolute Gasteiger partial charge is 0.0683 e. The van der Waals surface area contributed by atoms with Crippen molar-refractivity contribution in [2.75, 3.05) is 12.8 Å². The second-order valence-electron chi connectivity index (χ2n) is 4.79. The highest BCUT2D eigenvalue weighted by atomic mass is 35.5. The Bertz CT molecular complexity index is 601. The number of rotatable bonds is 3. The molecule has 1 atom stereocenters. The maximum absolute atomic E-state index is 6.36. The molecule has 1 nitrogen and oxygen atoms in total. The van der Waals surface area contributed by atoms with Crippen molar-refractivity contribution in [3.8, 4) is 0 Å². The highest BCUT2D eigenvalue weighted by Gasteiger charge is 2.21. The molecule has 1 aromatic carbocycles. The summed E-state index contributed by atoms with van der Waals surface area (Å²) in [6, 6.07) is 8.19. The van der Waals surface area contributed by atoms with E-state index in [0.29, 0.717) is 5.02 Å². The zero-order valence-electron chi connectivity index (χ0n) is 11.1. The topological polar surface area (TPSA) is 12.0 Å². The van der Waals surface area contributed by atoms with Gasteiger partial charge in [-0.25, -0.2) is 0 Å². The van der Waals surface area contributed by atoms with Crippen LogP contribution in [0.3, 0.4) is 0 Å². The summed E-state index contributed by atoms with van der Waals surface area (Å²) in [5, 5.41) is 4.78. The molecule has 0 saturated heterocycles. The van der Waals surface area contributed by atoms with Crippen LogP contribution in [0.4, 0.5) is 0 Å². The number of thiophene rings is 1. The maximum atomic E-state index is 6.36. The predicted octanol–water partition coefficient (Wildman–Crippen LogP) is 5.15. The molecule has 1 N–H and O–H groups in total. The van der Waals surface area contributed by atoms with Crippen molar-refractivity contribution in [3.05, 3.63) is 55.2 Å². The highest BCUT2D eigenvalue weighted by Crippen LogP contribution is 2.38. The Labute approximate surface area is 137 Å². The van der Waals surface area contributed by atoms with Crippen molar-refractivity contribution in [1.82, 2.24) is 5.32 Å². The first-order valence-electron chi connectivity index (χ1n) is 6.50. The minimum Gasteiger partial charge on any atom is -0.309 e. The number of aryl methyl sites for hydroxylation is 1. The summed E-state index contributed by atoms with van der Waals surface area (Å²) in [7, 11) is 1.98. The molecule has 0 spiro atoms. The Morgan fingerprint density at radius 1 is 1.25 bits per heavy atom. The normalized spacial score (nSPS) is 15.9. The molecule has 0 aliphatic carbocycles. The summed E-state index contributed by atoms with van der Waals surface area (Å²) in [6.45, 7) is 0. The Hall–Kier alpha value is -0.190. The molecule has 2 aromatic rings. The standard InChI is InChI=1S/C15H15Cl2NS2/c1-18-15(11-3-2-10(16)7-12(11)17)14-6-9-8-19-5-4-13(9)20-14/h2-3,6-7,15,18H,4-5,8H2,1H3. The zero-order chi connectivity index (χ0) is 14.1. The fraction of sp³-hybridized carbons (Fsp3) is 0.333. The van der Waals surface area contributed by atoms with Gasteiger partial charge in [0.1, 0.15) is 0 Å². The first kappa shape index (κ1) is 14.7. The van der Waals surface area contributed by atoms with E-state index >= 15 is 0 Å². The van der Waals surface area contributed by atoms with Crippen LogP contribution in [0.1, 0.15) is 26.9 Å². The van der Waals surface area contributed by atoms with Crippen LogP contribution in [0, 0.1) is 0 Å². The average Bonchev–Trinajstić information content (AvgIpc) is 2.85. The molecule has 5 heteroatoms. The van der Waals surface area contributed by atoms with E-state index in [1.54, 1.807) is 0 Å². The lowest BCUT2D eigenvalue weighted by atomic mass is 10.0. The van der Waals surface area contributed by atoms with E-state index in [0.717, 1.165) is 16.3 Å². The molecule has 1 aliphatic rings. The summed E-state index contributed by atoms with van der Waals surface area (Å²) in [6.07, 6.45) is 1.19. The molecule has 1 unspecified atom stereocenters. The van der Waals surface area contributed by atoms with Crippen molar-refractivity contribution in [1.29, 1.82) is 0 Å². The van der Waals surface area contributed by atoms with E-state index in [4.69, 9.17) is 23.2 Å². The quantitative estimate of drug-likeness (QED) is 0.826. The molecule has 0 saturated carbocycles. The zero-order valence-corrected chi connectivity index (χ0v) is 14.2. The molecule has 0 bridgehead atoms. The molecule has 3 rings (SSSR count). The summed E-state index contributed by atoms with van der Waals surface area (Å²) in [5.74, 6) is 2.37. The van der Waals surface area contributed by atoms with Crippen LogP contribution in [0.5, 0.6) is 0 Å². The number of halogens is 2. The van der Waals surface area contributed by atoms with Gasteiger partial charge < -0.3 is 5.32 Å². The number of hydrogen-bond donors (Lipinski definition) is 1. The van der Waals surface area contributed by atoms with Crippen LogP contribution in [0.2, 0.25) is 10.0 Å². The molecule has 106 valence electrons. The third kappa shape index (κ3) is 2.88. The summed E-state index contributed by atoms with van der Waals surface area (Å²) >= 11 is 16.3. The second-order valence-corrected chi connectivity index (χ2v) is 7.90. The Balaban J connectivity index is 1.98. The minimum absolute atomic E-state index is 0.139. The van der Waals surface area contributed by atoms with Crippen molar-refractivity contribution in [3.63, 3.8) is 0 Å². The van der Waals surface area contributed by atoms with Crippen LogP contribution in [-0.4, -0.2) is 12.8 Å². The van der Waals surface area contributed by atoms with E-state index in [9.17, 15) is 0 Å². The van der Waals surface area contributed by atoms with Gasteiger partial charge >= 0.3 is 0 Å². The van der Waals surface area contributed by atoms with Crippen molar-refractivity contribution < 1.29 is 0 Å². The molecule has 0 fully saturated rings. The molecule has 1 aliphatic heterocycles. The lowest BCUT2D eigenvalue weighted by Gasteiger charge is -2.16. The fourth-order valence-corrected chi connectivity index (χ4v) is 5.52. The molecule has 0 radical (unpaired) electrons. The predicted molar refractivity (Wildman–Crippen MR) is 91.5 cm³/mol. The highest BCUT2D eigenvalue weighted by molar-refractivity contribution is 7.98. The Morgan fingerprint density at radius 2 is 2.10 bits per heavy atom. The van der Waals surface area contributed by atoms with Crippen molar-refractivity contribution in [2.45, 2.75) is 18.2 Å². The molecule has 2 heterocycles. The van der Waals surface area contributed by atoms with Crippen LogP contribution >= 0.6 is 46.3 Å². The van der Waals surface area contributed by atoms with Gasteiger partial charge in [0.05, 0.1) is 6.04 Å². The third-order valence-corrected chi connectivity index (χ3v) is 6.37. The van der Waals surface area contributed by atoms with Crippen molar-refractivity contribution in [2.24, 2.45) is 0 Å². The lowest BCUT2D eigenvalue weighted by Crippen LogP contribution is -2.16. The van der Waals surface area contributed by atoms with Crippen molar-refractivity contribution >= 4 is 46.3 Å². The molecule has 20 heavy (non-hydrogen) atoms. The van der Waals surface area contributed by atoms with Gasteiger partial charge in [0.15, 0.2) is 0 Å². The maximum Gasteiger partial charge on any atom is 0.0683 e. The van der Waals surface area contributed by atoms with Crippen LogP contribution in [-0.2, 0) is 12.2 Å². The number of hydrogen-bond acceptors (Lipinski definition) is 3. The molecule has 1 aromatic heterocycles. The first-order valence-corrected chi connectivity index (χ1v) is 9.23. The number of benzene rings is 1.